The van der Waals surface area contributed by atoms with Crippen LogP contribution < -0.4 is 0 Å². The molecule has 2 aromatic carbocycles. The Balaban J connectivity index is 2.48. The number of rotatable bonds is 1. The Labute approximate surface area is 107 Å². The zero-order chi connectivity index (χ0) is 12.7. The Morgan fingerprint density at radius 3 is 2.67 bits per heavy atom. The van der Waals surface area contributed by atoms with Crippen LogP contribution in [0.4, 0.5) is 5.69 Å². The van der Waals surface area contributed by atoms with Gasteiger partial charge in [0.05, 0.1) is 10.4 Å². The van der Waals surface area contributed by atoms with Crippen LogP contribution in [0.5, 0.6) is 0 Å². The molecule has 0 saturated heterocycles. The lowest BCUT2D eigenvalue weighted by atomic mass is 10.1. The predicted molar refractivity (Wildman–Crippen MR) is 70.9 cm³/mol. The summed E-state index contributed by atoms with van der Waals surface area (Å²) in [7, 11) is 0. The second kappa shape index (κ2) is 3.92. The molecule has 4 nitrogen and oxygen atoms in total. The maximum atomic E-state index is 10.8. The molecule has 0 unspecified atom stereocenters. The van der Waals surface area contributed by atoms with E-state index in [0.717, 1.165) is 10.8 Å². The van der Waals surface area contributed by atoms with Gasteiger partial charge >= 0.3 is 5.69 Å². The number of pyridine rings is 1. The molecule has 1 aromatic heterocycles. The van der Waals surface area contributed by atoms with Gasteiger partial charge in [-0.2, -0.15) is 0 Å². The molecule has 0 spiro atoms. The molecule has 5 heteroatoms. The summed E-state index contributed by atoms with van der Waals surface area (Å²) >= 11 is 6.06. The standard InChI is InChI=1S/C13H7ClN2O2/c14-12-10-6-5-8-3-1-2-4-9(8)13(10)15-7-11(12)16(17)18/h1-7H. The minimum atomic E-state index is -0.524. The van der Waals surface area contributed by atoms with Gasteiger partial charge in [-0.15, -0.1) is 0 Å². The largest absolute Gasteiger partial charge is 0.306 e. The van der Waals surface area contributed by atoms with E-state index in [9.17, 15) is 10.1 Å². The van der Waals surface area contributed by atoms with Crippen molar-refractivity contribution in [3.63, 3.8) is 0 Å². The minimum Gasteiger partial charge on any atom is -0.258 e. The summed E-state index contributed by atoms with van der Waals surface area (Å²) in [5.41, 5.74) is 0.517. The Hall–Kier alpha value is -2.20. The van der Waals surface area contributed by atoms with Crippen molar-refractivity contribution in [2.24, 2.45) is 0 Å². The van der Waals surface area contributed by atoms with E-state index >= 15 is 0 Å². The maximum Gasteiger partial charge on any atom is 0.306 e. The summed E-state index contributed by atoms with van der Waals surface area (Å²) in [5.74, 6) is 0. The van der Waals surface area contributed by atoms with Gasteiger partial charge in [0.25, 0.3) is 0 Å². The highest BCUT2D eigenvalue weighted by Gasteiger charge is 2.16. The number of hydrogen-bond donors (Lipinski definition) is 0. The van der Waals surface area contributed by atoms with Crippen molar-refractivity contribution in [3.05, 3.63) is 57.7 Å². The van der Waals surface area contributed by atoms with E-state index in [1.54, 1.807) is 6.07 Å². The second-order valence-corrected chi connectivity index (χ2v) is 4.28. The molecule has 18 heavy (non-hydrogen) atoms. The number of aromatic nitrogens is 1. The average Bonchev–Trinajstić information content (AvgIpc) is 2.38. The highest BCUT2D eigenvalue weighted by atomic mass is 35.5. The number of benzene rings is 2. The molecule has 0 atom stereocenters. The lowest BCUT2D eigenvalue weighted by Crippen LogP contribution is -1.92. The summed E-state index contributed by atoms with van der Waals surface area (Å²) in [6.07, 6.45) is 1.21. The average molecular weight is 259 g/mol. The van der Waals surface area contributed by atoms with Gasteiger partial charge in [-0.3, -0.25) is 10.1 Å². The second-order valence-electron chi connectivity index (χ2n) is 3.90. The van der Waals surface area contributed by atoms with Gasteiger partial charge in [0.15, 0.2) is 0 Å². The zero-order valence-corrected chi connectivity index (χ0v) is 9.89. The predicted octanol–water partition coefficient (Wildman–Crippen LogP) is 3.95. The third-order valence-electron chi connectivity index (χ3n) is 2.87. The number of halogens is 1. The van der Waals surface area contributed by atoms with E-state index in [2.05, 4.69) is 4.98 Å². The van der Waals surface area contributed by atoms with Gasteiger partial charge in [0.2, 0.25) is 0 Å². The van der Waals surface area contributed by atoms with Gasteiger partial charge in [0, 0.05) is 10.8 Å². The summed E-state index contributed by atoms with van der Waals surface area (Å²) in [4.78, 5) is 14.5. The molecule has 0 aliphatic heterocycles. The smallest absolute Gasteiger partial charge is 0.258 e. The molecule has 0 radical (unpaired) electrons. The molecule has 0 N–H and O–H groups in total. The van der Waals surface area contributed by atoms with Crippen molar-refractivity contribution in [2.75, 3.05) is 0 Å². The molecular weight excluding hydrogens is 252 g/mol. The monoisotopic (exact) mass is 258 g/mol. The molecule has 0 fully saturated rings. The molecule has 3 aromatic rings. The molecular formula is C13H7ClN2O2. The summed E-state index contributed by atoms with van der Waals surface area (Å²) in [6.45, 7) is 0. The van der Waals surface area contributed by atoms with Crippen molar-refractivity contribution in [1.29, 1.82) is 0 Å². The first kappa shape index (κ1) is 10.9. The van der Waals surface area contributed by atoms with E-state index in [1.807, 2.05) is 30.3 Å². The fourth-order valence-electron chi connectivity index (χ4n) is 2.02. The lowest BCUT2D eigenvalue weighted by molar-refractivity contribution is -0.384. The van der Waals surface area contributed by atoms with Crippen LogP contribution in [0, 0.1) is 10.1 Å². The van der Waals surface area contributed by atoms with Crippen LogP contribution in [0.3, 0.4) is 0 Å². The highest BCUT2D eigenvalue weighted by Crippen LogP contribution is 2.34. The van der Waals surface area contributed by atoms with E-state index < -0.39 is 4.92 Å². The third-order valence-corrected chi connectivity index (χ3v) is 3.27. The molecule has 0 aliphatic rings. The van der Waals surface area contributed by atoms with Crippen LogP contribution in [0.2, 0.25) is 5.02 Å². The van der Waals surface area contributed by atoms with Gasteiger partial charge in [0.1, 0.15) is 11.2 Å². The maximum absolute atomic E-state index is 10.8. The van der Waals surface area contributed by atoms with E-state index in [4.69, 9.17) is 11.6 Å². The minimum absolute atomic E-state index is 0.135. The van der Waals surface area contributed by atoms with Crippen LogP contribution >= 0.6 is 11.6 Å². The first-order valence-electron chi connectivity index (χ1n) is 5.29. The molecule has 3 rings (SSSR count). The summed E-state index contributed by atoms with van der Waals surface area (Å²) in [5, 5.41) is 13.5. The number of fused-ring (bicyclic) bond motifs is 3. The van der Waals surface area contributed by atoms with Crippen molar-refractivity contribution in [1.82, 2.24) is 4.98 Å². The number of nitro groups is 1. The number of hydrogen-bond acceptors (Lipinski definition) is 3. The van der Waals surface area contributed by atoms with Crippen molar-refractivity contribution < 1.29 is 4.92 Å². The SMILES string of the molecule is O=[N+]([O-])c1cnc2c(ccc3ccccc32)c1Cl. The van der Waals surface area contributed by atoms with Gasteiger partial charge in [-0.25, -0.2) is 4.98 Å². The normalized spacial score (nSPS) is 10.9. The van der Waals surface area contributed by atoms with Gasteiger partial charge < -0.3 is 0 Å². The number of nitrogens with zero attached hydrogens (tertiary/aromatic N) is 2. The van der Waals surface area contributed by atoms with Crippen molar-refractivity contribution in [3.8, 4) is 0 Å². The topological polar surface area (TPSA) is 56.0 Å². The zero-order valence-electron chi connectivity index (χ0n) is 9.13. The van der Waals surface area contributed by atoms with E-state index in [1.165, 1.54) is 6.20 Å². The quantitative estimate of drug-likeness (QED) is 0.377. The van der Waals surface area contributed by atoms with Crippen molar-refractivity contribution >= 4 is 39.0 Å². The lowest BCUT2D eigenvalue weighted by Gasteiger charge is -2.04. The first-order valence-corrected chi connectivity index (χ1v) is 5.66. The third kappa shape index (κ3) is 1.50. The first-order chi connectivity index (χ1) is 8.68. The van der Waals surface area contributed by atoms with Gasteiger partial charge in [-0.05, 0) is 5.39 Å². The highest BCUT2D eigenvalue weighted by molar-refractivity contribution is 6.38. The molecule has 0 saturated carbocycles. The van der Waals surface area contributed by atoms with E-state index in [-0.39, 0.29) is 10.7 Å². The van der Waals surface area contributed by atoms with Crippen molar-refractivity contribution in [2.45, 2.75) is 0 Å². The van der Waals surface area contributed by atoms with Crippen LogP contribution in [0.25, 0.3) is 21.7 Å². The Bertz CT molecular complexity index is 786. The fourth-order valence-corrected chi connectivity index (χ4v) is 2.29. The Morgan fingerprint density at radius 1 is 1.11 bits per heavy atom. The fraction of sp³-hybridized carbons (Fsp3) is 0. The molecule has 0 amide bonds. The Morgan fingerprint density at radius 2 is 1.89 bits per heavy atom. The van der Waals surface area contributed by atoms with Gasteiger partial charge in [-0.1, -0.05) is 48.0 Å². The molecule has 1 heterocycles. The van der Waals surface area contributed by atoms with Crippen LogP contribution in [-0.2, 0) is 0 Å². The summed E-state index contributed by atoms with van der Waals surface area (Å²) < 4.78 is 0. The van der Waals surface area contributed by atoms with Crippen LogP contribution in [0.15, 0.2) is 42.6 Å². The molecule has 0 bridgehead atoms. The Kier molecular flexibility index (Phi) is 2.38. The van der Waals surface area contributed by atoms with Crippen LogP contribution in [0.1, 0.15) is 0 Å². The summed E-state index contributed by atoms with van der Waals surface area (Å²) in [6, 6.07) is 11.4. The molecule has 88 valence electrons. The van der Waals surface area contributed by atoms with Crippen LogP contribution in [-0.4, -0.2) is 9.91 Å². The van der Waals surface area contributed by atoms with E-state index in [0.29, 0.717) is 10.9 Å². The molecule has 0 aliphatic carbocycles.